The molecule has 2 aromatic heterocycles. The van der Waals surface area contributed by atoms with E-state index in [1.807, 2.05) is 0 Å². The van der Waals surface area contributed by atoms with Crippen molar-refractivity contribution in [2.45, 2.75) is 37.6 Å². The Labute approximate surface area is 114 Å². The van der Waals surface area contributed by atoms with Crippen LogP contribution in [0, 0.1) is 0 Å². The van der Waals surface area contributed by atoms with E-state index in [1.165, 1.54) is 0 Å². The molecule has 108 valence electrons. The lowest BCUT2D eigenvalue weighted by Crippen LogP contribution is -2.39. The minimum atomic E-state index is -0.771. The largest absolute Gasteiger partial charge is 0.390 e. The highest BCUT2D eigenvalue weighted by molar-refractivity contribution is 5.79. The van der Waals surface area contributed by atoms with Crippen molar-refractivity contribution in [3.8, 4) is 0 Å². The minimum absolute atomic E-state index is 0.0678. The number of aliphatic hydroxyl groups is 2. The van der Waals surface area contributed by atoms with Gasteiger partial charge in [0.25, 0.3) is 5.56 Å². The second kappa shape index (κ2) is 4.89. The topological polar surface area (TPSA) is 140 Å². The third-order valence-corrected chi connectivity index (χ3v) is 3.78. The van der Waals surface area contributed by atoms with Crippen LogP contribution in [0.15, 0.2) is 11.0 Å². The van der Waals surface area contributed by atoms with E-state index in [9.17, 15) is 15.0 Å². The van der Waals surface area contributed by atoms with Crippen molar-refractivity contribution in [1.29, 1.82) is 0 Å². The average molecular weight is 279 g/mol. The molecule has 0 radical (unpaired) electrons. The smallest absolute Gasteiger partial charge is 0.262 e. The summed E-state index contributed by atoms with van der Waals surface area (Å²) >= 11 is 0. The Balaban J connectivity index is 1.80. The Morgan fingerprint density at radius 3 is 2.95 bits per heavy atom. The van der Waals surface area contributed by atoms with Gasteiger partial charge >= 0.3 is 0 Å². The summed E-state index contributed by atoms with van der Waals surface area (Å²) in [6.45, 7) is 0.406. The van der Waals surface area contributed by atoms with Crippen LogP contribution in [0.25, 0.3) is 11.0 Å². The number of hydrogen-bond acceptors (Lipinski definition) is 6. The number of aromatic amines is 2. The van der Waals surface area contributed by atoms with Crippen LogP contribution in [0.5, 0.6) is 0 Å². The Morgan fingerprint density at radius 2 is 2.25 bits per heavy atom. The van der Waals surface area contributed by atoms with Crippen LogP contribution in [0.3, 0.4) is 0 Å². The van der Waals surface area contributed by atoms with E-state index in [4.69, 9.17) is 5.73 Å². The predicted molar refractivity (Wildman–Crippen MR) is 73.0 cm³/mol. The predicted octanol–water partition coefficient (Wildman–Crippen LogP) is -1.19. The number of hydrogen-bond donors (Lipinski definition) is 6. The van der Waals surface area contributed by atoms with Crippen LogP contribution in [-0.4, -0.2) is 43.4 Å². The molecule has 2 heterocycles. The lowest BCUT2D eigenvalue weighted by Gasteiger charge is -2.17. The van der Waals surface area contributed by atoms with Gasteiger partial charge in [-0.1, -0.05) is 0 Å². The summed E-state index contributed by atoms with van der Waals surface area (Å²) in [4.78, 5) is 21.3. The second-order valence-electron chi connectivity index (χ2n) is 5.11. The van der Waals surface area contributed by atoms with Crippen molar-refractivity contribution >= 4 is 17.0 Å². The number of aromatic nitrogens is 3. The van der Waals surface area contributed by atoms with Gasteiger partial charge in [0.2, 0.25) is 5.95 Å². The molecule has 8 nitrogen and oxygen atoms in total. The Bertz CT molecular complexity index is 679. The first kappa shape index (κ1) is 13.1. The number of fused-ring (bicyclic) bond motifs is 1. The van der Waals surface area contributed by atoms with Gasteiger partial charge in [-0.3, -0.25) is 9.78 Å². The van der Waals surface area contributed by atoms with E-state index < -0.39 is 12.2 Å². The molecule has 1 saturated carbocycles. The Hall–Kier alpha value is -1.90. The highest BCUT2D eigenvalue weighted by atomic mass is 16.3. The maximum absolute atomic E-state index is 11.9. The average Bonchev–Trinajstić information content (AvgIpc) is 2.93. The summed E-state index contributed by atoms with van der Waals surface area (Å²) in [5.74, 6) is 0.0678. The van der Waals surface area contributed by atoms with Gasteiger partial charge in [0.15, 0.2) is 0 Å². The number of nitrogens with one attached hydrogen (secondary N) is 3. The molecular weight excluding hydrogens is 262 g/mol. The van der Waals surface area contributed by atoms with Gasteiger partial charge in [0.1, 0.15) is 5.65 Å². The van der Waals surface area contributed by atoms with E-state index in [-0.39, 0.29) is 17.5 Å². The van der Waals surface area contributed by atoms with Crippen LogP contribution < -0.4 is 16.6 Å². The molecule has 1 fully saturated rings. The molecule has 0 amide bonds. The molecule has 8 heteroatoms. The number of nitrogens with zero attached hydrogens (tertiary/aromatic N) is 1. The first-order valence-electron chi connectivity index (χ1n) is 6.51. The van der Waals surface area contributed by atoms with Crippen LogP contribution in [0.1, 0.15) is 18.4 Å². The minimum Gasteiger partial charge on any atom is -0.390 e. The summed E-state index contributed by atoms with van der Waals surface area (Å²) in [5, 5.41) is 22.9. The molecule has 7 N–H and O–H groups in total. The third kappa shape index (κ3) is 2.17. The fourth-order valence-electron chi connectivity index (χ4n) is 2.68. The van der Waals surface area contributed by atoms with Gasteiger partial charge in [-0.2, -0.15) is 4.98 Å². The fourth-order valence-corrected chi connectivity index (χ4v) is 2.68. The lowest BCUT2D eigenvalue weighted by molar-refractivity contribution is 0.0300. The van der Waals surface area contributed by atoms with Gasteiger partial charge in [-0.15, -0.1) is 0 Å². The second-order valence-corrected chi connectivity index (χ2v) is 5.11. The molecule has 0 bridgehead atoms. The summed E-state index contributed by atoms with van der Waals surface area (Å²) in [5.41, 5.74) is 6.38. The van der Waals surface area contributed by atoms with Crippen molar-refractivity contribution in [2.24, 2.45) is 0 Å². The Kier molecular flexibility index (Phi) is 3.20. The molecule has 20 heavy (non-hydrogen) atoms. The van der Waals surface area contributed by atoms with E-state index in [0.717, 1.165) is 5.56 Å². The lowest BCUT2D eigenvalue weighted by atomic mass is 10.2. The van der Waals surface area contributed by atoms with Crippen molar-refractivity contribution in [1.82, 2.24) is 20.3 Å². The standard InChI is InChI=1S/C12H17N5O3/c13-12-16-10-8(11(20)17-12)5(4-15-10)3-14-6-1-2-7(18)9(6)19/h4,6-7,9,14,18-19H,1-3H2,(H4,13,15,16,17,20)/t6-,7-,9-/m0/s1. The van der Waals surface area contributed by atoms with Crippen molar-refractivity contribution in [3.63, 3.8) is 0 Å². The van der Waals surface area contributed by atoms with Crippen LogP contribution >= 0.6 is 0 Å². The van der Waals surface area contributed by atoms with E-state index in [2.05, 4.69) is 20.3 Å². The van der Waals surface area contributed by atoms with Crippen molar-refractivity contribution < 1.29 is 10.2 Å². The zero-order valence-electron chi connectivity index (χ0n) is 10.8. The van der Waals surface area contributed by atoms with Crippen LogP contribution in [0.2, 0.25) is 0 Å². The first-order chi connectivity index (χ1) is 9.56. The molecule has 3 atom stereocenters. The van der Waals surface area contributed by atoms with E-state index >= 15 is 0 Å². The molecule has 0 spiro atoms. The molecule has 0 unspecified atom stereocenters. The first-order valence-corrected chi connectivity index (χ1v) is 6.51. The highest BCUT2D eigenvalue weighted by Crippen LogP contribution is 2.21. The maximum Gasteiger partial charge on any atom is 0.262 e. The van der Waals surface area contributed by atoms with Gasteiger partial charge in [0.05, 0.1) is 17.6 Å². The number of nitrogens with two attached hydrogens (primary N) is 1. The summed E-state index contributed by atoms with van der Waals surface area (Å²) in [7, 11) is 0. The van der Waals surface area contributed by atoms with Gasteiger partial charge in [-0.25, -0.2) is 0 Å². The van der Waals surface area contributed by atoms with Gasteiger partial charge in [0, 0.05) is 18.8 Å². The summed E-state index contributed by atoms with van der Waals surface area (Å²) in [6.07, 6.45) is 1.52. The molecular formula is C12H17N5O3. The number of H-pyrrole nitrogens is 2. The number of nitrogen functional groups attached to an aromatic ring is 1. The Morgan fingerprint density at radius 1 is 1.45 bits per heavy atom. The summed E-state index contributed by atoms with van der Waals surface area (Å²) < 4.78 is 0. The third-order valence-electron chi connectivity index (χ3n) is 3.78. The molecule has 1 aliphatic rings. The SMILES string of the molecule is Nc1nc2[nH]cc(CN[C@H]3CC[C@H](O)[C@H]3O)c2c(=O)[nH]1. The monoisotopic (exact) mass is 279 g/mol. The number of rotatable bonds is 3. The van der Waals surface area contributed by atoms with E-state index in [0.29, 0.717) is 30.4 Å². The number of aliphatic hydroxyl groups excluding tert-OH is 2. The number of anilines is 1. The molecule has 0 saturated heterocycles. The zero-order chi connectivity index (χ0) is 14.3. The van der Waals surface area contributed by atoms with Gasteiger partial charge in [-0.05, 0) is 18.4 Å². The molecule has 1 aliphatic carbocycles. The van der Waals surface area contributed by atoms with Crippen molar-refractivity contribution in [2.75, 3.05) is 5.73 Å². The highest BCUT2D eigenvalue weighted by Gasteiger charge is 2.32. The zero-order valence-corrected chi connectivity index (χ0v) is 10.8. The molecule has 0 aliphatic heterocycles. The molecule has 0 aromatic carbocycles. The quantitative estimate of drug-likeness (QED) is 0.417. The van der Waals surface area contributed by atoms with Crippen LogP contribution in [0.4, 0.5) is 5.95 Å². The summed E-state index contributed by atoms with van der Waals surface area (Å²) in [6, 6.07) is -0.171. The molecule has 3 rings (SSSR count). The van der Waals surface area contributed by atoms with E-state index in [1.54, 1.807) is 6.20 Å². The fraction of sp³-hybridized carbons (Fsp3) is 0.500. The van der Waals surface area contributed by atoms with Crippen LogP contribution in [-0.2, 0) is 6.54 Å². The maximum atomic E-state index is 11.9. The normalized spacial score (nSPS) is 26.4. The van der Waals surface area contributed by atoms with Crippen molar-refractivity contribution in [3.05, 3.63) is 22.1 Å². The van der Waals surface area contributed by atoms with Gasteiger partial charge < -0.3 is 26.2 Å². The molecule has 2 aromatic rings.